The van der Waals surface area contributed by atoms with Gasteiger partial charge in [-0.3, -0.25) is 4.79 Å². The zero-order valence-corrected chi connectivity index (χ0v) is 7.69. The molecule has 3 nitrogen and oxygen atoms in total. The molecule has 0 aromatic carbocycles. The molecule has 1 aliphatic carbocycles. The molecule has 70 valence electrons. The Morgan fingerprint density at radius 2 is 2.25 bits per heavy atom. The molecule has 0 radical (unpaired) electrons. The zero-order valence-electron chi connectivity index (χ0n) is 6.88. The summed E-state index contributed by atoms with van der Waals surface area (Å²) < 4.78 is 0. The van der Waals surface area contributed by atoms with Crippen molar-refractivity contribution in [3.05, 3.63) is 0 Å². The number of rotatable bonds is 1. The van der Waals surface area contributed by atoms with Gasteiger partial charge in [-0.05, 0) is 38.1 Å². The van der Waals surface area contributed by atoms with Crippen LogP contribution in [0.5, 0.6) is 0 Å². The fourth-order valence-electron chi connectivity index (χ4n) is 2.28. The fraction of sp³-hybridized carbons (Fsp3) is 0.875. The summed E-state index contributed by atoms with van der Waals surface area (Å²) in [6, 6.07) is 0. The largest absolute Gasteiger partial charge is 0.480 e. The average molecular weight is 192 g/mol. The minimum Gasteiger partial charge on any atom is -0.480 e. The summed E-state index contributed by atoms with van der Waals surface area (Å²) in [6.45, 7) is 0.878. The van der Waals surface area contributed by atoms with Crippen LogP contribution < -0.4 is 5.32 Å². The number of piperidine rings is 1. The predicted octanol–water partition coefficient (Wildman–Crippen LogP) is 1.02. The Hall–Kier alpha value is -0.280. The number of fused-ring (bicyclic) bond motifs is 1. The van der Waals surface area contributed by atoms with Gasteiger partial charge in [0.15, 0.2) is 0 Å². The Morgan fingerprint density at radius 3 is 2.58 bits per heavy atom. The summed E-state index contributed by atoms with van der Waals surface area (Å²) in [5.74, 6) is -0.234. The minimum absolute atomic E-state index is 0. The van der Waals surface area contributed by atoms with E-state index in [1.165, 1.54) is 0 Å². The number of hydrogen-bond donors (Lipinski definition) is 2. The summed E-state index contributed by atoms with van der Waals surface area (Å²) in [5.41, 5.74) is -0.516. The Balaban J connectivity index is 0.000000720. The summed E-state index contributed by atoms with van der Waals surface area (Å²) in [6.07, 6.45) is 4.16. The molecule has 0 aromatic heterocycles. The lowest BCUT2D eigenvalue weighted by Crippen LogP contribution is -2.65. The first kappa shape index (κ1) is 9.81. The fourth-order valence-corrected chi connectivity index (χ4v) is 2.28. The van der Waals surface area contributed by atoms with Gasteiger partial charge in [0.2, 0.25) is 0 Å². The van der Waals surface area contributed by atoms with Crippen LogP contribution in [0, 0.1) is 5.92 Å². The molecule has 0 amide bonds. The number of hydrogen-bond acceptors (Lipinski definition) is 2. The molecular formula is C8H14ClNO2. The smallest absolute Gasteiger partial charge is 0.324 e. The molecule has 0 spiro atoms. The first-order chi connectivity index (χ1) is 5.26. The Bertz CT molecular complexity index is 197. The van der Waals surface area contributed by atoms with Crippen molar-refractivity contribution in [2.75, 3.05) is 6.54 Å². The van der Waals surface area contributed by atoms with Crippen molar-refractivity contribution >= 4 is 18.4 Å². The van der Waals surface area contributed by atoms with Crippen molar-refractivity contribution < 1.29 is 9.90 Å². The number of carboxylic acid groups (broad SMARTS) is 1. The second-order valence-electron chi connectivity index (χ2n) is 3.58. The molecule has 1 saturated heterocycles. The lowest BCUT2D eigenvalue weighted by molar-refractivity contribution is -0.155. The van der Waals surface area contributed by atoms with E-state index in [1.54, 1.807) is 0 Å². The third-order valence-corrected chi connectivity index (χ3v) is 3.14. The van der Waals surface area contributed by atoms with Gasteiger partial charge < -0.3 is 10.4 Å². The first-order valence-electron chi connectivity index (χ1n) is 4.24. The summed E-state index contributed by atoms with van der Waals surface area (Å²) in [4.78, 5) is 10.9. The predicted molar refractivity (Wildman–Crippen MR) is 47.6 cm³/mol. The van der Waals surface area contributed by atoms with Gasteiger partial charge in [-0.25, -0.2) is 0 Å². The van der Waals surface area contributed by atoms with Crippen LogP contribution in [0.25, 0.3) is 0 Å². The van der Waals surface area contributed by atoms with E-state index in [2.05, 4.69) is 5.32 Å². The van der Waals surface area contributed by atoms with E-state index < -0.39 is 11.5 Å². The molecule has 1 aliphatic heterocycles. The quantitative estimate of drug-likeness (QED) is 0.651. The van der Waals surface area contributed by atoms with Gasteiger partial charge in [-0.2, -0.15) is 0 Å². The maximum absolute atomic E-state index is 10.9. The summed E-state index contributed by atoms with van der Waals surface area (Å²) in [5, 5.41) is 12.1. The van der Waals surface area contributed by atoms with Gasteiger partial charge >= 0.3 is 5.97 Å². The molecule has 2 aliphatic rings. The molecule has 0 bridgehead atoms. The van der Waals surface area contributed by atoms with Gasteiger partial charge in [-0.15, -0.1) is 12.4 Å². The van der Waals surface area contributed by atoms with E-state index >= 15 is 0 Å². The molecular weight excluding hydrogens is 178 g/mol. The summed E-state index contributed by atoms with van der Waals surface area (Å²) in [7, 11) is 0. The maximum atomic E-state index is 10.9. The lowest BCUT2D eigenvalue weighted by Gasteiger charge is -2.49. The second-order valence-corrected chi connectivity index (χ2v) is 3.58. The maximum Gasteiger partial charge on any atom is 0.324 e. The van der Waals surface area contributed by atoms with Crippen LogP contribution in [0.3, 0.4) is 0 Å². The Labute approximate surface area is 77.9 Å². The van der Waals surface area contributed by atoms with Crippen LogP contribution in [-0.2, 0) is 4.79 Å². The van der Waals surface area contributed by atoms with Crippen LogP contribution in [0.15, 0.2) is 0 Å². The van der Waals surface area contributed by atoms with Crippen molar-refractivity contribution in [1.29, 1.82) is 0 Å². The Kier molecular flexibility index (Phi) is 2.64. The second kappa shape index (κ2) is 3.23. The van der Waals surface area contributed by atoms with Crippen molar-refractivity contribution in [2.45, 2.75) is 31.2 Å². The van der Waals surface area contributed by atoms with E-state index in [0.717, 1.165) is 32.2 Å². The highest BCUT2D eigenvalue weighted by Gasteiger charge is 2.53. The lowest BCUT2D eigenvalue weighted by atomic mass is 9.63. The molecule has 0 aromatic rings. The average Bonchev–Trinajstić information content (AvgIpc) is 1.91. The van der Waals surface area contributed by atoms with Gasteiger partial charge in [0.25, 0.3) is 0 Å². The molecule has 12 heavy (non-hydrogen) atoms. The molecule has 0 unspecified atom stereocenters. The van der Waals surface area contributed by atoms with E-state index in [1.807, 2.05) is 0 Å². The third-order valence-electron chi connectivity index (χ3n) is 3.14. The van der Waals surface area contributed by atoms with Gasteiger partial charge in [0.05, 0.1) is 0 Å². The van der Waals surface area contributed by atoms with Crippen molar-refractivity contribution in [3.63, 3.8) is 0 Å². The standard InChI is InChI=1S/C8H13NO2.ClH/c10-7(11)8-4-3-6(8)2-1-5-9-8;/h6,9H,1-5H2,(H,10,11);1H/t6-,8+;/m1./s1. The van der Waals surface area contributed by atoms with Gasteiger partial charge in [0.1, 0.15) is 5.54 Å². The minimum atomic E-state index is -0.645. The highest BCUT2D eigenvalue weighted by Crippen LogP contribution is 2.43. The molecule has 2 fully saturated rings. The topological polar surface area (TPSA) is 49.3 Å². The number of halogens is 1. The monoisotopic (exact) mass is 191 g/mol. The van der Waals surface area contributed by atoms with Crippen LogP contribution in [-0.4, -0.2) is 23.2 Å². The van der Waals surface area contributed by atoms with E-state index in [0.29, 0.717) is 5.92 Å². The van der Waals surface area contributed by atoms with Crippen molar-refractivity contribution in [1.82, 2.24) is 5.32 Å². The highest BCUT2D eigenvalue weighted by atomic mass is 35.5. The first-order valence-corrected chi connectivity index (χ1v) is 4.24. The van der Waals surface area contributed by atoms with Crippen LogP contribution >= 0.6 is 12.4 Å². The number of carboxylic acids is 1. The molecule has 4 heteroatoms. The molecule has 2 atom stereocenters. The highest BCUT2D eigenvalue weighted by molar-refractivity contribution is 5.85. The van der Waals surface area contributed by atoms with E-state index in [9.17, 15) is 4.79 Å². The molecule has 1 heterocycles. The molecule has 2 N–H and O–H groups in total. The van der Waals surface area contributed by atoms with Crippen molar-refractivity contribution in [2.24, 2.45) is 5.92 Å². The normalized spacial score (nSPS) is 38.8. The Morgan fingerprint density at radius 1 is 1.50 bits per heavy atom. The molecule has 1 saturated carbocycles. The summed E-state index contributed by atoms with van der Waals surface area (Å²) >= 11 is 0. The van der Waals surface area contributed by atoms with E-state index in [-0.39, 0.29) is 12.4 Å². The number of nitrogens with one attached hydrogen (secondary N) is 1. The zero-order chi connectivity index (χ0) is 7.90. The third kappa shape index (κ3) is 1.12. The van der Waals surface area contributed by atoms with E-state index in [4.69, 9.17) is 5.11 Å². The van der Waals surface area contributed by atoms with Gasteiger partial charge in [-0.1, -0.05) is 0 Å². The number of aliphatic carboxylic acids is 1. The van der Waals surface area contributed by atoms with Crippen LogP contribution in [0.2, 0.25) is 0 Å². The van der Waals surface area contributed by atoms with Crippen LogP contribution in [0.1, 0.15) is 25.7 Å². The van der Waals surface area contributed by atoms with Gasteiger partial charge in [0, 0.05) is 0 Å². The SMILES string of the molecule is Cl.O=C(O)[C@]12CC[C@H]1CCCN2. The number of carbonyl (C=O) groups is 1. The van der Waals surface area contributed by atoms with Crippen LogP contribution in [0.4, 0.5) is 0 Å². The van der Waals surface area contributed by atoms with Crippen molar-refractivity contribution in [3.8, 4) is 0 Å². The molecule has 2 rings (SSSR count).